The van der Waals surface area contributed by atoms with Gasteiger partial charge in [0.15, 0.2) is 12.7 Å². The maximum atomic E-state index is 12.3. The average Bonchev–Trinajstić information content (AvgIpc) is 2.57. The van der Waals surface area contributed by atoms with Gasteiger partial charge in [0.1, 0.15) is 5.75 Å². The highest BCUT2D eigenvalue weighted by Gasteiger charge is 2.19. The summed E-state index contributed by atoms with van der Waals surface area (Å²) in [4.78, 5) is 24.1. The van der Waals surface area contributed by atoms with Crippen molar-refractivity contribution in [2.45, 2.75) is 33.8 Å². The van der Waals surface area contributed by atoms with E-state index in [1.807, 2.05) is 51.1 Å². The third-order valence-electron chi connectivity index (χ3n) is 3.70. The van der Waals surface area contributed by atoms with E-state index in [0.29, 0.717) is 5.75 Å². The summed E-state index contributed by atoms with van der Waals surface area (Å²) in [5.41, 5.74) is 3.82. The first kappa shape index (κ1) is 18.5. The molecule has 0 aliphatic heterocycles. The topological polar surface area (TPSA) is 64.6 Å². The Balaban J connectivity index is 1.89. The number of hydrogen-bond donors (Lipinski definition) is 1. The fourth-order valence-electron chi connectivity index (χ4n) is 2.55. The largest absolute Gasteiger partial charge is 0.482 e. The molecule has 0 fully saturated rings. The molecule has 2 aromatic carbocycles. The lowest BCUT2D eigenvalue weighted by molar-refractivity contribution is -0.155. The minimum atomic E-state index is -0.910. The summed E-state index contributed by atoms with van der Waals surface area (Å²) in [6.45, 7) is 7.15. The van der Waals surface area contributed by atoms with Crippen LogP contribution in [0.15, 0.2) is 42.5 Å². The number of amides is 1. The monoisotopic (exact) mass is 341 g/mol. The predicted octanol–water partition coefficient (Wildman–Crippen LogP) is 3.56. The third-order valence-corrected chi connectivity index (χ3v) is 3.70. The van der Waals surface area contributed by atoms with Crippen LogP contribution in [0.4, 0.5) is 5.69 Å². The van der Waals surface area contributed by atoms with Crippen molar-refractivity contribution in [3.8, 4) is 5.75 Å². The van der Waals surface area contributed by atoms with Gasteiger partial charge in [-0.15, -0.1) is 0 Å². The van der Waals surface area contributed by atoms with E-state index in [1.54, 1.807) is 12.1 Å². The number of anilines is 1. The molecule has 0 aromatic heterocycles. The fourth-order valence-corrected chi connectivity index (χ4v) is 2.55. The molecule has 0 aliphatic rings. The SMILES string of the molecule is Cc1cc(C)c(NC(=O)[C@H](C)OC(=O)COc2ccccc2)c(C)c1. The molecule has 5 heteroatoms. The van der Waals surface area contributed by atoms with E-state index in [4.69, 9.17) is 9.47 Å². The lowest BCUT2D eigenvalue weighted by Gasteiger charge is -2.17. The molecule has 0 heterocycles. The number of nitrogens with one attached hydrogen (secondary N) is 1. The molecule has 0 radical (unpaired) electrons. The van der Waals surface area contributed by atoms with Gasteiger partial charge in [0.05, 0.1) is 0 Å². The molecule has 5 nitrogen and oxygen atoms in total. The van der Waals surface area contributed by atoms with Crippen molar-refractivity contribution < 1.29 is 19.1 Å². The number of rotatable bonds is 6. The number of benzene rings is 2. The van der Waals surface area contributed by atoms with Gasteiger partial charge in [-0.25, -0.2) is 4.79 Å². The van der Waals surface area contributed by atoms with Crippen molar-refractivity contribution in [3.05, 3.63) is 59.2 Å². The molecule has 0 saturated carbocycles. The van der Waals surface area contributed by atoms with Crippen molar-refractivity contribution >= 4 is 17.6 Å². The van der Waals surface area contributed by atoms with Gasteiger partial charge in [0, 0.05) is 5.69 Å². The number of para-hydroxylation sites is 1. The molecule has 0 saturated heterocycles. The normalized spacial score (nSPS) is 11.5. The Morgan fingerprint density at radius 3 is 2.24 bits per heavy atom. The van der Waals surface area contributed by atoms with Gasteiger partial charge in [-0.1, -0.05) is 35.9 Å². The van der Waals surface area contributed by atoms with Crippen LogP contribution in [0.2, 0.25) is 0 Å². The second kappa shape index (κ2) is 8.33. The zero-order valence-electron chi connectivity index (χ0n) is 15.0. The van der Waals surface area contributed by atoms with E-state index in [9.17, 15) is 9.59 Å². The number of ether oxygens (including phenoxy) is 2. The summed E-state index contributed by atoms with van der Waals surface area (Å²) in [7, 11) is 0. The van der Waals surface area contributed by atoms with E-state index < -0.39 is 12.1 Å². The molecular weight excluding hydrogens is 318 g/mol. The Hall–Kier alpha value is -2.82. The molecule has 1 atom stereocenters. The zero-order valence-corrected chi connectivity index (χ0v) is 15.0. The Kier molecular flexibility index (Phi) is 6.17. The van der Waals surface area contributed by atoms with Crippen LogP contribution in [0, 0.1) is 20.8 Å². The molecule has 2 aromatic rings. The maximum absolute atomic E-state index is 12.3. The molecule has 0 spiro atoms. The van der Waals surface area contributed by atoms with Crippen LogP contribution in [0.1, 0.15) is 23.6 Å². The molecule has 1 N–H and O–H groups in total. The van der Waals surface area contributed by atoms with Gasteiger partial charge in [0.25, 0.3) is 5.91 Å². The highest BCUT2D eigenvalue weighted by atomic mass is 16.6. The first-order valence-electron chi connectivity index (χ1n) is 8.13. The van der Waals surface area contributed by atoms with E-state index >= 15 is 0 Å². The molecule has 0 unspecified atom stereocenters. The summed E-state index contributed by atoms with van der Waals surface area (Å²) < 4.78 is 10.4. The molecule has 1 amide bonds. The van der Waals surface area contributed by atoms with E-state index in [1.165, 1.54) is 6.92 Å². The van der Waals surface area contributed by atoms with Crippen LogP contribution in [0.3, 0.4) is 0 Å². The number of aryl methyl sites for hydroxylation is 3. The van der Waals surface area contributed by atoms with Gasteiger partial charge in [0.2, 0.25) is 0 Å². The van der Waals surface area contributed by atoms with Crippen LogP contribution >= 0.6 is 0 Å². The minimum absolute atomic E-state index is 0.246. The Labute approximate surface area is 148 Å². The highest BCUT2D eigenvalue weighted by molar-refractivity contribution is 5.96. The standard InChI is InChI=1S/C20H23NO4/c1-13-10-14(2)19(15(3)11-13)21-20(23)16(4)25-18(22)12-24-17-8-6-5-7-9-17/h5-11,16H,12H2,1-4H3,(H,21,23)/t16-/m0/s1. The van der Waals surface area contributed by atoms with Gasteiger partial charge in [-0.2, -0.15) is 0 Å². The first-order chi connectivity index (χ1) is 11.9. The van der Waals surface area contributed by atoms with Crippen LogP contribution in [-0.4, -0.2) is 24.6 Å². The quantitative estimate of drug-likeness (QED) is 0.816. The van der Waals surface area contributed by atoms with E-state index in [0.717, 1.165) is 22.4 Å². The van der Waals surface area contributed by atoms with Crippen LogP contribution in [0.5, 0.6) is 5.75 Å². The summed E-state index contributed by atoms with van der Waals surface area (Å²) in [6.07, 6.45) is -0.910. The van der Waals surface area contributed by atoms with Crippen molar-refractivity contribution in [1.29, 1.82) is 0 Å². The lowest BCUT2D eigenvalue weighted by Crippen LogP contribution is -2.32. The van der Waals surface area contributed by atoms with Crippen molar-refractivity contribution in [3.63, 3.8) is 0 Å². The molecule has 132 valence electrons. The zero-order chi connectivity index (χ0) is 18.4. The minimum Gasteiger partial charge on any atom is -0.482 e. The lowest BCUT2D eigenvalue weighted by atomic mass is 10.0. The number of esters is 1. The van der Waals surface area contributed by atoms with Crippen molar-refractivity contribution in [1.82, 2.24) is 0 Å². The predicted molar refractivity (Wildman–Crippen MR) is 96.8 cm³/mol. The maximum Gasteiger partial charge on any atom is 0.344 e. The van der Waals surface area contributed by atoms with Gasteiger partial charge >= 0.3 is 5.97 Å². The van der Waals surface area contributed by atoms with Gasteiger partial charge < -0.3 is 14.8 Å². The fraction of sp³-hybridized carbons (Fsp3) is 0.300. The molecular formula is C20H23NO4. The molecule has 0 aliphatic carbocycles. The second-order valence-electron chi connectivity index (χ2n) is 6.00. The summed E-state index contributed by atoms with van der Waals surface area (Å²) in [6, 6.07) is 12.9. The van der Waals surface area contributed by atoms with E-state index in [-0.39, 0.29) is 12.5 Å². The number of carbonyl (C=O) groups excluding carboxylic acids is 2. The van der Waals surface area contributed by atoms with Crippen molar-refractivity contribution in [2.75, 3.05) is 11.9 Å². The Morgan fingerprint density at radius 1 is 1.04 bits per heavy atom. The molecule has 2 rings (SSSR count). The Morgan fingerprint density at radius 2 is 1.64 bits per heavy atom. The highest BCUT2D eigenvalue weighted by Crippen LogP contribution is 2.22. The van der Waals surface area contributed by atoms with Crippen LogP contribution < -0.4 is 10.1 Å². The Bertz CT molecular complexity index is 733. The third kappa shape index (κ3) is 5.35. The van der Waals surface area contributed by atoms with Crippen molar-refractivity contribution in [2.24, 2.45) is 0 Å². The summed E-state index contributed by atoms with van der Waals surface area (Å²) in [5.74, 6) is -0.394. The molecule has 0 bridgehead atoms. The second-order valence-corrected chi connectivity index (χ2v) is 6.00. The molecule has 25 heavy (non-hydrogen) atoms. The van der Waals surface area contributed by atoms with E-state index in [2.05, 4.69) is 5.32 Å². The van der Waals surface area contributed by atoms with Gasteiger partial charge in [-0.3, -0.25) is 4.79 Å². The summed E-state index contributed by atoms with van der Waals surface area (Å²) >= 11 is 0. The number of hydrogen-bond acceptors (Lipinski definition) is 4. The number of carbonyl (C=O) groups is 2. The van der Waals surface area contributed by atoms with Crippen LogP contribution in [0.25, 0.3) is 0 Å². The average molecular weight is 341 g/mol. The first-order valence-corrected chi connectivity index (χ1v) is 8.13. The smallest absolute Gasteiger partial charge is 0.344 e. The van der Waals surface area contributed by atoms with Gasteiger partial charge in [-0.05, 0) is 51.0 Å². The summed E-state index contributed by atoms with van der Waals surface area (Å²) in [5, 5.41) is 2.83. The van der Waals surface area contributed by atoms with Crippen LogP contribution in [-0.2, 0) is 14.3 Å².